The first-order valence-corrected chi connectivity index (χ1v) is 6.75. The maximum atomic E-state index is 3.53. The van der Waals surface area contributed by atoms with E-state index in [4.69, 9.17) is 0 Å². The molecule has 0 aromatic rings. The van der Waals surface area contributed by atoms with Crippen LogP contribution in [0, 0.1) is 6.92 Å². The molecule has 0 bridgehead atoms. The predicted octanol–water partition coefficient (Wildman–Crippen LogP) is 3.55. The Balaban J connectivity index is -0.0000000268. The van der Waals surface area contributed by atoms with Gasteiger partial charge in [-0.15, -0.1) is 0 Å². The van der Waals surface area contributed by atoms with Crippen molar-refractivity contribution in [1.29, 1.82) is 0 Å². The molecule has 0 nitrogen and oxygen atoms in total. The van der Waals surface area contributed by atoms with Crippen molar-refractivity contribution < 1.29 is 67.9 Å². The molecule has 0 aromatic heterocycles. The third-order valence-electron chi connectivity index (χ3n) is 0.512. The van der Waals surface area contributed by atoms with Gasteiger partial charge in [0.2, 0.25) is 0 Å². The Labute approximate surface area is 147 Å². The van der Waals surface area contributed by atoms with Gasteiger partial charge in [0.25, 0.3) is 0 Å². The Morgan fingerprint density at radius 3 is 1.06 bits per heavy atom. The van der Waals surface area contributed by atoms with Crippen LogP contribution < -0.4 is 0 Å². The van der Waals surface area contributed by atoms with Crippen LogP contribution in [-0.4, -0.2) is 17.4 Å². The molecular formula is C13H28V4-2. The first-order valence-electron chi connectivity index (χ1n) is 3.96. The molecule has 0 fully saturated rings. The molecule has 0 spiro atoms. The Morgan fingerprint density at radius 1 is 0.941 bits per heavy atom. The maximum absolute atomic E-state index is 3.53. The molecule has 0 saturated heterocycles. The summed E-state index contributed by atoms with van der Waals surface area (Å²) in [6, 6.07) is 0. The number of hydrogen-bond donors (Lipinski definition) is 0. The van der Waals surface area contributed by atoms with Gasteiger partial charge in [-0.3, -0.25) is 0 Å². The molecule has 0 amide bonds. The molecule has 0 radical (unpaired) electrons. The van der Waals surface area contributed by atoms with Crippen LogP contribution in [0.15, 0.2) is 0 Å². The summed E-state index contributed by atoms with van der Waals surface area (Å²) in [6.07, 6.45) is 1.14. The summed E-state index contributed by atoms with van der Waals surface area (Å²) < 4.78 is 6.64. The van der Waals surface area contributed by atoms with Gasteiger partial charge >= 0.3 is 126 Å². The van der Waals surface area contributed by atoms with E-state index in [2.05, 4.69) is 93.4 Å². The Morgan fingerprint density at radius 2 is 1.06 bits per heavy atom. The SMILES string of the molecule is C.C.C.C[C-]=[V].C[C](=[V])C[C](C)=[V].[CH2-][C](C)=[V]. The van der Waals surface area contributed by atoms with Gasteiger partial charge in [0, 0.05) is 0 Å². The van der Waals surface area contributed by atoms with Crippen molar-refractivity contribution in [2.45, 2.75) is 56.4 Å². The zero-order chi connectivity index (χ0) is 12.1. The third kappa shape index (κ3) is 132. The zero-order valence-electron chi connectivity index (χ0n) is 9.20. The minimum atomic E-state index is 0. The third-order valence-corrected chi connectivity index (χ3v) is 1.01. The second-order valence-electron chi connectivity index (χ2n) is 2.61. The second-order valence-corrected chi connectivity index (χ2v) is 6.88. The molecule has 4 heteroatoms. The van der Waals surface area contributed by atoms with Crippen LogP contribution >= 0.6 is 0 Å². The van der Waals surface area contributed by atoms with E-state index in [1.54, 1.807) is 0 Å². The van der Waals surface area contributed by atoms with Crippen LogP contribution in [0.5, 0.6) is 0 Å². The second kappa shape index (κ2) is 30.7. The molecule has 0 heterocycles. The molecule has 0 aromatic carbocycles. The van der Waals surface area contributed by atoms with Crippen LogP contribution in [0.3, 0.4) is 0 Å². The van der Waals surface area contributed by atoms with Gasteiger partial charge in [-0.1, -0.05) is 22.3 Å². The Hall–Kier alpha value is 1.82. The molecule has 0 rings (SSSR count). The van der Waals surface area contributed by atoms with E-state index in [9.17, 15) is 0 Å². The molecule has 0 aliphatic heterocycles. The zero-order valence-corrected chi connectivity index (χ0v) is 14.8. The Kier molecular flexibility index (Phi) is 65.6. The van der Waals surface area contributed by atoms with Crippen molar-refractivity contribution in [2.75, 3.05) is 0 Å². The molecule has 0 saturated carbocycles. The van der Waals surface area contributed by atoms with Gasteiger partial charge in [-0.05, 0) is 0 Å². The van der Waals surface area contributed by atoms with Crippen molar-refractivity contribution in [3.05, 3.63) is 6.92 Å². The summed E-state index contributed by atoms with van der Waals surface area (Å²) in [5, 5.41) is 0. The van der Waals surface area contributed by atoms with Gasteiger partial charge in [-0.2, -0.15) is 0 Å². The predicted molar refractivity (Wildman–Crippen MR) is 72.9 cm³/mol. The van der Waals surface area contributed by atoms with Crippen molar-refractivity contribution in [3.63, 3.8) is 0 Å². The van der Waals surface area contributed by atoms with E-state index < -0.39 is 0 Å². The topological polar surface area (TPSA) is 0 Å². The molecule has 0 N–H and O–H groups in total. The number of rotatable bonds is 2. The van der Waals surface area contributed by atoms with Crippen molar-refractivity contribution in [3.8, 4) is 0 Å². The van der Waals surface area contributed by atoms with Crippen LogP contribution in [0.25, 0.3) is 0 Å². The summed E-state index contributed by atoms with van der Waals surface area (Å²) in [6.45, 7) is 11.6. The fourth-order valence-electron chi connectivity index (χ4n) is 0.370. The van der Waals surface area contributed by atoms with Crippen molar-refractivity contribution in [2.24, 2.45) is 0 Å². The summed E-state index contributed by atoms with van der Waals surface area (Å²) in [7, 11) is 0. The molecule has 0 atom stereocenters. The molecule has 17 heavy (non-hydrogen) atoms. The Bertz CT molecular complexity index is 180. The average Bonchev–Trinajstić information content (AvgIpc) is 1.82. The normalized spacial score (nSPS) is 5.47. The molecule has 0 aliphatic carbocycles. The van der Waals surface area contributed by atoms with Crippen LogP contribution in [-0.2, 0) is 67.9 Å². The quantitative estimate of drug-likeness (QED) is 0.635. The van der Waals surface area contributed by atoms with Gasteiger partial charge in [-0.25, -0.2) is 0 Å². The number of hydrogen-bond acceptors (Lipinski definition) is 0. The van der Waals surface area contributed by atoms with E-state index in [0.717, 1.165) is 10.6 Å². The van der Waals surface area contributed by atoms with Gasteiger partial charge in [0.1, 0.15) is 0 Å². The summed E-state index contributed by atoms with van der Waals surface area (Å²) >= 11 is 9.66. The van der Waals surface area contributed by atoms with Gasteiger partial charge < -0.3 is 0 Å². The van der Waals surface area contributed by atoms with E-state index in [1.165, 1.54) is 8.45 Å². The first-order chi connectivity index (χ1) is 6.27. The molecular weight excluding hydrogens is 360 g/mol. The van der Waals surface area contributed by atoms with Crippen LogP contribution in [0.1, 0.15) is 56.4 Å². The average molecular weight is 388 g/mol. The molecule has 0 unspecified atom stereocenters. The van der Waals surface area contributed by atoms with Crippen molar-refractivity contribution >= 4 is 17.4 Å². The summed E-state index contributed by atoms with van der Waals surface area (Å²) in [4.78, 5) is 0. The summed E-state index contributed by atoms with van der Waals surface area (Å²) in [5.41, 5.74) is 0. The van der Waals surface area contributed by atoms with E-state index in [-0.39, 0.29) is 22.3 Å². The summed E-state index contributed by atoms with van der Waals surface area (Å²) in [5.74, 6) is 0. The van der Waals surface area contributed by atoms with Crippen molar-refractivity contribution in [1.82, 2.24) is 0 Å². The van der Waals surface area contributed by atoms with E-state index in [0.29, 0.717) is 0 Å². The monoisotopic (exact) mass is 388 g/mol. The van der Waals surface area contributed by atoms with E-state index >= 15 is 0 Å². The molecule has 102 valence electrons. The first kappa shape index (κ1) is 36.4. The van der Waals surface area contributed by atoms with Gasteiger partial charge in [0.15, 0.2) is 0 Å². The minimum absolute atomic E-state index is 0. The fourth-order valence-corrected chi connectivity index (χ4v) is 1.43. The van der Waals surface area contributed by atoms with Crippen LogP contribution in [0.2, 0.25) is 0 Å². The van der Waals surface area contributed by atoms with E-state index in [1.807, 2.05) is 13.8 Å². The molecule has 0 aliphatic rings. The van der Waals surface area contributed by atoms with Crippen LogP contribution in [0.4, 0.5) is 0 Å². The van der Waals surface area contributed by atoms with Gasteiger partial charge in [0.05, 0.1) is 0 Å². The standard InChI is InChI=1S/C5H8.C3H5.C2H3.3CH4.4V/c1-3-5-4-2;1-3-2;1-2;;;;;;;/h5H2,1-2H3;1H2,2H3;1H3;3*1H4;;;;/q;2*-1;;;;;;;. The fraction of sp³-hybridized carbons (Fsp3) is 0.615.